The Morgan fingerprint density at radius 3 is 2.91 bits per heavy atom. The summed E-state index contributed by atoms with van der Waals surface area (Å²) in [6.07, 6.45) is -0.664. The number of nitrogens with one attached hydrogen (secondary N) is 1. The van der Waals surface area contributed by atoms with E-state index in [-0.39, 0.29) is 5.91 Å². The summed E-state index contributed by atoms with van der Waals surface area (Å²) in [5.41, 5.74) is 1.84. The van der Waals surface area contributed by atoms with Gasteiger partial charge in [0.15, 0.2) is 11.2 Å². The highest BCUT2D eigenvalue weighted by Gasteiger charge is 2.19. The molecule has 3 rings (SSSR count). The molecule has 0 saturated carbocycles. The highest BCUT2D eigenvalue weighted by molar-refractivity contribution is 7.13. The summed E-state index contributed by atoms with van der Waals surface area (Å²) in [7, 11) is 1.85. The van der Waals surface area contributed by atoms with Crippen molar-refractivity contribution in [1.29, 1.82) is 0 Å². The Bertz CT molecular complexity index is 824. The minimum absolute atomic E-state index is 0.246. The van der Waals surface area contributed by atoms with Crippen LogP contribution in [0.3, 0.4) is 0 Å². The van der Waals surface area contributed by atoms with Gasteiger partial charge in [0.25, 0.3) is 5.91 Å². The Labute approximate surface area is 131 Å². The van der Waals surface area contributed by atoms with Crippen LogP contribution < -0.4 is 10.1 Å². The molecule has 0 spiro atoms. The maximum Gasteiger partial charge on any atom is 0.266 e. The fourth-order valence-electron chi connectivity index (χ4n) is 2.11. The molecule has 0 fully saturated rings. The maximum atomic E-state index is 12.2. The lowest BCUT2D eigenvalue weighted by Gasteiger charge is -2.11. The number of ether oxygens (including phenoxy) is 1. The number of nitrogens with zero attached hydrogens (tertiary/aromatic N) is 3. The van der Waals surface area contributed by atoms with Crippen LogP contribution in [0, 0.1) is 6.92 Å². The maximum absolute atomic E-state index is 12.2. The van der Waals surface area contributed by atoms with Gasteiger partial charge in [-0.3, -0.25) is 14.8 Å². The smallest absolute Gasteiger partial charge is 0.266 e. The molecule has 2 heterocycles. The number of para-hydroxylation sites is 1. The third kappa shape index (κ3) is 2.80. The zero-order valence-electron chi connectivity index (χ0n) is 12.5. The van der Waals surface area contributed by atoms with Crippen LogP contribution in [0.15, 0.2) is 29.6 Å². The summed E-state index contributed by atoms with van der Waals surface area (Å²) in [5, 5.41) is 10.4. The lowest BCUT2D eigenvalue weighted by atomic mass is 10.2. The van der Waals surface area contributed by atoms with Crippen molar-refractivity contribution in [2.24, 2.45) is 7.05 Å². The third-order valence-electron chi connectivity index (χ3n) is 3.23. The monoisotopic (exact) mass is 316 g/mol. The van der Waals surface area contributed by atoms with E-state index in [9.17, 15) is 4.79 Å². The number of aromatic nitrogens is 3. The first kappa shape index (κ1) is 14.5. The average Bonchev–Trinajstić information content (AvgIpc) is 3.04. The van der Waals surface area contributed by atoms with Crippen molar-refractivity contribution in [2.75, 3.05) is 5.32 Å². The van der Waals surface area contributed by atoms with E-state index in [1.165, 1.54) is 11.3 Å². The van der Waals surface area contributed by atoms with E-state index >= 15 is 0 Å². The Morgan fingerprint density at radius 2 is 2.18 bits per heavy atom. The predicted molar refractivity (Wildman–Crippen MR) is 86.3 cm³/mol. The number of rotatable bonds is 4. The molecule has 0 bridgehead atoms. The minimum atomic E-state index is -0.664. The predicted octanol–water partition coefficient (Wildman–Crippen LogP) is 2.74. The minimum Gasteiger partial charge on any atom is -0.463 e. The highest BCUT2D eigenvalue weighted by atomic mass is 32.1. The molecule has 1 N–H and O–H groups in total. The standard InChI is InChI=1S/C15H16N4O2S/c1-9-8-22-15(16-9)17-13(20)10(2)21-14-11-6-4-5-7-12(11)19(3)18-14/h4-8,10H,1-3H3,(H,16,17,20). The molecule has 0 aliphatic heterocycles. The highest BCUT2D eigenvalue weighted by Crippen LogP contribution is 2.25. The van der Waals surface area contributed by atoms with E-state index in [1.807, 2.05) is 43.6 Å². The van der Waals surface area contributed by atoms with Gasteiger partial charge in [-0.15, -0.1) is 16.4 Å². The second-order valence-electron chi connectivity index (χ2n) is 4.99. The van der Waals surface area contributed by atoms with Gasteiger partial charge in [0.1, 0.15) is 0 Å². The SMILES string of the molecule is Cc1csc(NC(=O)C(C)Oc2nn(C)c3ccccc23)n1. The van der Waals surface area contributed by atoms with Crippen LogP contribution in [0.1, 0.15) is 12.6 Å². The van der Waals surface area contributed by atoms with Gasteiger partial charge >= 0.3 is 0 Å². The summed E-state index contributed by atoms with van der Waals surface area (Å²) >= 11 is 1.39. The number of amides is 1. The lowest BCUT2D eigenvalue weighted by molar-refractivity contribution is -0.122. The fourth-order valence-corrected chi connectivity index (χ4v) is 2.80. The van der Waals surface area contributed by atoms with Gasteiger partial charge in [-0.2, -0.15) is 0 Å². The van der Waals surface area contributed by atoms with Crippen LogP contribution in [0.2, 0.25) is 0 Å². The summed E-state index contributed by atoms with van der Waals surface area (Å²) in [5.74, 6) is 0.208. The Balaban J connectivity index is 1.75. The molecule has 0 radical (unpaired) electrons. The van der Waals surface area contributed by atoms with E-state index in [1.54, 1.807) is 11.6 Å². The van der Waals surface area contributed by atoms with Gasteiger partial charge < -0.3 is 4.74 Å². The molecule has 0 aliphatic carbocycles. The zero-order valence-corrected chi connectivity index (χ0v) is 13.3. The Hall–Kier alpha value is -2.41. The van der Waals surface area contributed by atoms with Crippen molar-refractivity contribution in [1.82, 2.24) is 14.8 Å². The first-order valence-electron chi connectivity index (χ1n) is 6.86. The summed E-state index contributed by atoms with van der Waals surface area (Å²) in [4.78, 5) is 16.4. The third-order valence-corrected chi connectivity index (χ3v) is 4.11. The second kappa shape index (κ2) is 5.76. The summed E-state index contributed by atoms with van der Waals surface area (Å²) in [6.45, 7) is 3.57. The van der Waals surface area contributed by atoms with Crippen LogP contribution in [0.4, 0.5) is 5.13 Å². The Kier molecular flexibility index (Phi) is 3.81. The number of thiazole rings is 1. The average molecular weight is 316 g/mol. The molecule has 3 aromatic rings. The van der Waals surface area contributed by atoms with Crippen LogP contribution in [-0.2, 0) is 11.8 Å². The Morgan fingerprint density at radius 1 is 1.41 bits per heavy atom. The van der Waals surface area contributed by atoms with E-state index < -0.39 is 6.10 Å². The van der Waals surface area contributed by atoms with Crippen LogP contribution in [-0.4, -0.2) is 26.8 Å². The molecule has 1 amide bonds. The first-order chi connectivity index (χ1) is 10.5. The zero-order chi connectivity index (χ0) is 15.7. The van der Waals surface area contributed by atoms with Gasteiger partial charge in [0.2, 0.25) is 5.88 Å². The topological polar surface area (TPSA) is 69.0 Å². The quantitative estimate of drug-likeness (QED) is 0.803. The molecular weight excluding hydrogens is 300 g/mol. The second-order valence-corrected chi connectivity index (χ2v) is 5.85. The van der Waals surface area contributed by atoms with Gasteiger partial charge in [0, 0.05) is 12.4 Å². The van der Waals surface area contributed by atoms with Crippen molar-refractivity contribution >= 4 is 33.3 Å². The molecule has 0 aliphatic rings. The molecular formula is C15H16N4O2S. The first-order valence-corrected chi connectivity index (χ1v) is 7.74. The van der Waals surface area contributed by atoms with Crippen molar-refractivity contribution in [2.45, 2.75) is 20.0 Å². The van der Waals surface area contributed by atoms with Crippen molar-refractivity contribution in [3.63, 3.8) is 0 Å². The van der Waals surface area contributed by atoms with Gasteiger partial charge in [-0.25, -0.2) is 4.98 Å². The molecule has 1 unspecified atom stereocenters. The number of fused-ring (bicyclic) bond motifs is 1. The molecule has 22 heavy (non-hydrogen) atoms. The summed E-state index contributed by atoms with van der Waals surface area (Å²) < 4.78 is 7.46. The number of anilines is 1. The fraction of sp³-hybridized carbons (Fsp3) is 0.267. The van der Waals surface area contributed by atoms with Gasteiger partial charge in [-0.05, 0) is 26.0 Å². The molecule has 6 nitrogen and oxygen atoms in total. The lowest BCUT2D eigenvalue weighted by Crippen LogP contribution is -2.30. The molecule has 1 atom stereocenters. The number of carbonyl (C=O) groups excluding carboxylic acids is 1. The molecule has 2 aromatic heterocycles. The van der Waals surface area contributed by atoms with Gasteiger partial charge in [-0.1, -0.05) is 12.1 Å². The normalized spacial score (nSPS) is 12.3. The number of hydrogen-bond donors (Lipinski definition) is 1. The number of carbonyl (C=O) groups is 1. The van der Waals surface area contributed by atoms with Crippen LogP contribution >= 0.6 is 11.3 Å². The largest absolute Gasteiger partial charge is 0.463 e. The van der Waals surface area contributed by atoms with Crippen molar-refractivity contribution < 1.29 is 9.53 Å². The molecule has 114 valence electrons. The number of benzene rings is 1. The van der Waals surface area contributed by atoms with Crippen molar-refractivity contribution in [3.8, 4) is 5.88 Å². The van der Waals surface area contributed by atoms with E-state index in [2.05, 4.69) is 15.4 Å². The molecule has 1 aromatic carbocycles. The molecule has 7 heteroatoms. The van der Waals surface area contributed by atoms with Crippen LogP contribution in [0.5, 0.6) is 5.88 Å². The van der Waals surface area contributed by atoms with Gasteiger partial charge in [0.05, 0.1) is 16.6 Å². The van der Waals surface area contributed by atoms with Crippen molar-refractivity contribution in [3.05, 3.63) is 35.3 Å². The van der Waals surface area contributed by atoms with E-state index in [0.717, 1.165) is 16.6 Å². The summed E-state index contributed by atoms with van der Waals surface area (Å²) in [6, 6.07) is 7.74. The van der Waals surface area contributed by atoms with Crippen LogP contribution in [0.25, 0.3) is 10.9 Å². The van der Waals surface area contributed by atoms with E-state index in [4.69, 9.17) is 4.74 Å². The molecule has 0 saturated heterocycles. The van der Waals surface area contributed by atoms with E-state index in [0.29, 0.717) is 11.0 Å². The number of aryl methyl sites for hydroxylation is 2. The number of hydrogen-bond acceptors (Lipinski definition) is 5.